The monoisotopic (exact) mass is 362 g/mol. The van der Waals surface area contributed by atoms with E-state index in [9.17, 15) is 9.59 Å². The summed E-state index contributed by atoms with van der Waals surface area (Å²) in [5.74, 6) is -0.219. The predicted molar refractivity (Wildman–Crippen MR) is 88.7 cm³/mol. The zero-order valence-corrected chi connectivity index (χ0v) is 14.4. The first-order chi connectivity index (χ1) is 11.0. The zero-order chi connectivity index (χ0) is 17.1. The van der Waals surface area contributed by atoms with E-state index >= 15 is 0 Å². The Morgan fingerprint density at radius 2 is 1.91 bits per heavy atom. The molecule has 0 fully saturated rings. The smallest absolute Gasteiger partial charge is 0.426 e. The fourth-order valence-electron chi connectivity index (χ4n) is 1.62. The van der Waals surface area contributed by atoms with Crippen molar-refractivity contribution in [2.75, 3.05) is 13.2 Å². The number of hydrogen-bond acceptors (Lipinski definition) is 4. The summed E-state index contributed by atoms with van der Waals surface area (Å²) in [6.45, 7) is 2.11. The Bertz CT molecular complexity index is 526. The molecule has 0 aromatic heterocycles. The predicted octanol–water partition coefficient (Wildman–Crippen LogP) is 3.71. The number of ether oxygens (including phenoxy) is 2. The highest BCUT2D eigenvalue weighted by atomic mass is 35.5. The number of benzene rings is 1. The molecular weight excluding hydrogens is 343 g/mol. The SMILES string of the molecule is CCCCCCOC(=O)NNC(=O)COc1ccc(Cl)cc1Cl. The Labute approximate surface area is 145 Å². The number of amides is 2. The van der Waals surface area contributed by atoms with Crippen LogP contribution in [0.5, 0.6) is 5.75 Å². The van der Waals surface area contributed by atoms with Crippen molar-refractivity contribution < 1.29 is 19.1 Å². The molecule has 0 saturated carbocycles. The van der Waals surface area contributed by atoms with Crippen LogP contribution in [0.15, 0.2) is 18.2 Å². The molecule has 0 bridgehead atoms. The number of rotatable bonds is 8. The first kappa shape index (κ1) is 19.4. The van der Waals surface area contributed by atoms with Gasteiger partial charge >= 0.3 is 6.09 Å². The van der Waals surface area contributed by atoms with E-state index in [1.807, 2.05) is 0 Å². The number of hydrogen-bond donors (Lipinski definition) is 2. The van der Waals surface area contributed by atoms with Crippen molar-refractivity contribution in [3.05, 3.63) is 28.2 Å². The Balaban J connectivity index is 2.17. The number of halogens is 2. The van der Waals surface area contributed by atoms with Gasteiger partial charge in [-0.1, -0.05) is 49.4 Å². The largest absolute Gasteiger partial charge is 0.482 e. The standard InChI is InChI=1S/C15H20Cl2N2O4/c1-2-3-4-5-8-22-15(21)19-18-14(20)10-23-13-7-6-11(16)9-12(13)17/h6-7,9H,2-5,8,10H2,1H3,(H,18,20)(H,19,21). The lowest BCUT2D eigenvalue weighted by Crippen LogP contribution is -2.44. The van der Waals surface area contributed by atoms with Crippen LogP contribution in [0.25, 0.3) is 0 Å². The third-order valence-corrected chi connectivity index (χ3v) is 3.32. The molecule has 0 heterocycles. The van der Waals surface area contributed by atoms with Crippen molar-refractivity contribution in [2.24, 2.45) is 0 Å². The fourth-order valence-corrected chi connectivity index (χ4v) is 2.09. The summed E-state index contributed by atoms with van der Waals surface area (Å²) in [5.41, 5.74) is 4.32. The van der Waals surface area contributed by atoms with E-state index in [-0.39, 0.29) is 6.61 Å². The zero-order valence-electron chi connectivity index (χ0n) is 12.9. The van der Waals surface area contributed by atoms with Gasteiger partial charge in [0.25, 0.3) is 5.91 Å². The van der Waals surface area contributed by atoms with E-state index in [0.717, 1.165) is 25.7 Å². The van der Waals surface area contributed by atoms with Crippen molar-refractivity contribution in [3.8, 4) is 5.75 Å². The van der Waals surface area contributed by atoms with Gasteiger partial charge in [-0.2, -0.15) is 0 Å². The Kier molecular flexibility index (Phi) is 9.24. The molecule has 1 aromatic rings. The topological polar surface area (TPSA) is 76.7 Å². The Hall–Kier alpha value is -1.66. The van der Waals surface area contributed by atoms with Gasteiger partial charge < -0.3 is 9.47 Å². The first-order valence-electron chi connectivity index (χ1n) is 7.32. The van der Waals surface area contributed by atoms with Gasteiger partial charge in [0.15, 0.2) is 6.61 Å². The number of unbranched alkanes of at least 4 members (excludes halogenated alkanes) is 3. The summed E-state index contributed by atoms with van der Waals surface area (Å²) in [7, 11) is 0. The van der Waals surface area contributed by atoms with Gasteiger partial charge in [0.1, 0.15) is 5.75 Å². The molecule has 0 radical (unpaired) electrons. The first-order valence-corrected chi connectivity index (χ1v) is 8.08. The van der Waals surface area contributed by atoms with Crippen LogP contribution in [0.3, 0.4) is 0 Å². The average molecular weight is 363 g/mol. The van der Waals surface area contributed by atoms with Crippen LogP contribution in [0, 0.1) is 0 Å². The summed E-state index contributed by atoms with van der Waals surface area (Å²) in [6, 6.07) is 4.65. The minimum atomic E-state index is -0.709. The Morgan fingerprint density at radius 3 is 2.61 bits per heavy atom. The maximum atomic E-state index is 11.5. The number of hydrazine groups is 1. The van der Waals surface area contributed by atoms with Crippen LogP contribution < -0.4 is 15.6 Å². The van der Waals surface area contributed by atoms with Gasteiger partial charge in [0, 0.05) is 5.02 Å². The minimum Gasteiger partial charge on any atom is -0.482 e. The van der Waals surface area contributed by atoms with E-state index in [4.69, 9.17) is 32.7 Å². The molecule has 0 aliphatic carbocycles. The van der Waals surface area contributed by atoms with E-state index in [1.165, 1.54) is 6.07 Å². The second kappa shape index (κ2) is 11.0. The number of nitrogens with one attached hydrogen (secondary N) is 2. The van der Waals surface area contributed by atoms with Crippen molar-refractivity contribution in [2.45, 2.75) is 32.6 Å². The van der Waals surface area contributed by atoms with E-state index in [1.54, 1.807) is 12.1 Å². The molecule has 0 atom stereocenters. The molecule has 0 spiro atoms. The molecule has 0 aliphatic heterocycles. The molecule has 23 heavy (non-hydrogen) atoms. The maximum Gasteiger partial charge on any atom is 0.426 e. The number of carbonyl (C=O) groups is 2. The highest BCUT2D eigenvalue weighted by molar-refractivity contribution is 6.35. The lowest BCUT2D eigenvalue weighted by atomic mass is 10.2. The third-order valence-electron chi connectivity index (χ3n) is 2.79. The third kappa shape index (κ3) is 8.52. The quantitative estimate of drug-likeness (QED) is 0.545. The molecule has 6 nitrogen and oxygen atoms in total. The normalized spacial score (nSPS) is 10.0. The summed E-state index contributed by atoms with van der Waals surface area (Å²) in [4.78, 5) is 22.9. The van der Waals surface area contributed by atoms with Crippen molar-refractivity contribution in [3.63, 3.8) is 0 Å². The fraction of sp³-hybridized carbons (Fsp3) is 0.467. The number of carbonyl (C=O) groups excluding carboxylic acids is 2. The molecule has 128 valence electrons. The minimum absolute atomic E-state index is 0.296. The van der Waals surface area contributed by atoms with Crippen LogP contribution >= 0.6 is 23.2 Å². The summed E-state index contributed by atoms with van der Waals surface area (Å²) >= 11 is 11.7. The molecule has 8 heteroatoms. The second-order valence-corrected chi connectivity index (χ2v) is 5.58. The van der Waals surface area contributed by atoms with Crippen molar-refractivity contribution in [1.82, 2.24) is 10.9 Å². The molecule has 0 unspecified atom stereocenters. The van der Waals surface area contributed by atoms with Crippen LogP contribution in [0.4, 0.5) is 4.79 Å². The molecule has 2 amide bonds. The molecular formula is C15H20Cl2N2O4. The van der Waals surface area contributed by atoms with Crippen LogP contribution in [0.1, 0.15) is 32.6 Å². The maximum absolute atomic E-state index is 11.5. The van der Waals surface area contributed by atoms with Gasteiger partial charge in [0.05, 0.1) is 11.6 Å². The molecule has 1 aromatic carbocycles. The van der Waals surface area contributed by atoms with E-state index in [2.05, 4.69) is 17.8 Å². The van der Waals surface area contributed by atoms with Gasteiger partial charge in [-0.15, -0.1) is 0 Å². The van der Waals surface area contributed by atoms with Gasteiger partial charge in [-0.05, 0) is 24.6 Å². The van der Waals surface area contributed by atoms with Gasteiger partial charge in [-0.25, -0.2) is 10.2 Å². The van der Waals surface area contributed by atoms with Crippen LogP contribution in [0.2, 0.25) is 10.0 Å². The summed E-state index contributed by atoms with van der Waals surface area (Å²) in [5, 5.41) is 0.764. The molecule has 2 N–H and O–H groups in total. The Morgan fingerprint density at radius 1 is 1.13 bits per heavy atom. The highest BCUT2D eigenvalue weighted by Gasteiger charge is 2.08. The molecule has 0 saturated heterocycles. The van der Waals surface area contributed by atoms with Crippen LogP contribution in [-0.2, 0) is 9.53 Å². The molecule has 0 aliphatic rings. The van der Waals surface area contributed by atoms with Crippen molar-refractivity contribution in [1.29, 1.82) is 0 Å². The average Bonchev–Trinajstić information content (AvgIpc) is 2.52. The lowest BCUT2D eigenvalue weighted by molar-refractivity contribution is -0.124. The van der Waals surface area contributed by atoms with E-state index < -0.39 is 12.0 Å². The van der Waals surface area contributed by atoms with Crippen molar-refractivity contribution >= 4 is 35.2 Å². The van der Waals surface area contributed by atoms with Gasteiger partial charge in [-0.3, -0.25) is 10.2 Å². The lowest BCUT2D eigenvalue weighted by Gasteiger charge is -2.10. The molecule has 1 rings (SSSR count). The van der Waals surface area contributed by atoms with Crippen LogP contribution in [-0.4, -0.2) is 25.2 Å². The summed E-state index contributed by atoms with van der Waals surface area (Å²) < 4.78 is 10.1. The van der Waals surface area contributed by atoms with Gasteiger partial charge in [0.2, 0.25) is 0 Å². The second-order valence-electron chi connectivity index (χ2n) is 4.73. The summed E-state index contributed by atoms with van der Waals surface area (Å²) in [6.07, 6.45) is 3.31. The van der Waals surface area contributed by atoms with E-state index in [0.29, 0.717) is 22.4 Å². The highest BCUT2D eigenvalue weighted by Crippen LogP contribution is 2.27.